The van der Waals surface area contributed by atoms with Crippen molar-refractivity contribution >= 4 is 5.82 Å². The van der Waals surface area contributed by atoms with Crippen molar-refractivity contribution in [3.8, 4) is 0 Å². The normalized spacial score (nSPS) is 13.3. The summed E-state index contributed by atoms with van der Waals surface area (Å²) < 4.78 is 0. The van der Waals surface area contributed by atoms with Gasteiger partial charge in [0.05, 0.1) is 0 Å². The van der Waals surface area contributed by atoms with Crippen LogP contribution in [-0.2, 0) is 0 Å². The molecule has 1 aromatic heterocycles. The van der Waals surface area contributed by atoms with Crippen LogP contribution in [0.4, 0.5) is 5.82 Å². The van der Waals surface area contributed by atoms with E-state index in [1.807, 2.05) is 0 Å². The second-order valence-electron chi connectivity index (χ2n) is 3.40. The molecule has 3 nitrogen and oxygen atoms in total. The van der Waals surface area contributed by atoms with E-state index in [0.717, 1.165) is 5.56 Å². The van der Waals surface area contributed by atoms with Crippen LogP contribution in [0.1, 0.15) is 32.3 Å². The van der Waals surface area contributed by atoms with Crippen molar-refractivity contribution in [2.45, 2.75) is 26.7 Å². The van der Waals surface area contributed by atoms with Gasteiger partial charge in [-0.05, 0) is 11.8 Å². The SMILES string of the molecule is CC(C)C(C)c1cncnc1N. The lowest BCUT2D eigenvalue weighted by molar-refractivity contribution is 0.533. The number of hydrogen-bond acceptors (Lipinski definition) is 3. The van der Waals surface area contributed by atoms with Crippen LogP contribution < -0.4 is 5.73 Å². The number of anilines is 1. The predicted molar refractivity (Wildman–Crippen MR) is 49.7 cm³/mol. The third kappa shape index (κ3) is 1.72. The largest absolute Gasteiger partial charge is 0.383 e. The Kier molecular flexibility index (Phi) is 2.63. The molecule has 1 rings (SSSR count). The van der Waals surface area contributed by atoms with Crippen LogP contribution in [0.25, 0.3) is 0 Å². The van der Waals surface area contributed by atoms with Crippen molar-refractivity contribution in [3.05, 3.63) is 18.1 Å². The van der Waals surface area contributed by atoms with Crippen LogP contribution in [0, 0.1) is 5.92 Å². The molecule has 1 heterocycles. The van der Waals surface area contributed by atoms with Crippen LogP contribution in [0.15, 0.2) is 12.5 Å². The van der Waals surface area contributed by atoms with Crippen molar-refractivity contribution in [1.82, 2.24) is 9.97 Å². The molecule has 1 unspecified atom stereocenters. The van der Waals surface area contributed by atoms with E-state index < -0.39 is 0 Å². The molecule has 3 heteroatoms. The Hall–Kier alpha value is -1.12. The van der Waals surface area contributed by atoms with E-state index >= 15 is 0 Å². The van der Waals surface area contributed by atoms with Crippen LogP contribution in [0.3, 0.4) is 0 Å². The molecule has 0 aliphatic carbocycles. The minimum atomic E-state index is 0.422. The first-order chi connectivity index (χ1) is 5.63. The molecule has 0 aliphatic heterocycles. The van der Waals surface area contributed by atoms with Gasteiger partial charge in [0.15, 0.2) is 0 Å². The molecule has 12 heavy (non-hydrogen) atoms. The van der Waals surface area contributed by atoms with Gasteiger partial charge in [-0.25, -0.2) is 9.97 Å². The molecule has 0 spiro atoms. The second-order valence-corrected chi connectivity index (χ2v) is 3.40. The summed E-state index contributed by atoms with van der Waals surface area (Å²) in [7, 11) is 0. The van der Waals surface area contributed by atoms with Gasteiger partial charge in [-0.1, -0.05) is 20.8 Å². The molecule has 0 radical (unpaired) electrons. The van der Waals surface area contributed by atoms with E-state index in [1.165, 1.54) is 6.33 Å². The molecule has 0 aliphatic rings. The first-order valence-corrected chi connectivity index (χ1v) is 4.18. The van der Waals surface area contributed by atoms with Gasteiger partial charge in [-0.2, -0.15) is 0 Å². The number of aromatic nitrogens is 2. The fourth-order valence-electron chi connectivity index (χ4n) is 1.06. The van der Waals surface area contributed by atoms with E-state index in [9.17, 15) is 0 Å². The maximum atomic E-state index is 5.71. The van der Waals surface area contributed by atoms with Gasteiger partial charge in [-0.3, -0.25) is 0 Å². The Labute approximate surface area is 73.0 Å². The second kappa shape index (κ2) is 3.52. The maximum Gasteiger partial charge on any atom is 0.130 e. The fraction of sp³-hybridized carbons (Fsp3) is 0.556. The van der Waals surface area contributed by atoms with Crippen molar-refractivity contribution in [2.75, 3.05) is 5.73 Å². The summed E-state index contributed by atoms with van der Waals surface area (Å²) in [5.41, 5.74) is 6.76. The monoisotopic (exact) mass is 165 g/mol. The Morgan fingerprint density at radius 1 is 1.33 bits per heavy atom. The Bertz CT molecular complexity index is 258. The molecule has 0 amide bonds. The minimum Gasteiger partial charge on any atom is -0.383 e. The first-order valence-electron chi connectivity index (χ1n) is 4.18. The molecule has 0 fully saturated rings. The standard InChI is InChI=1S/C9H15N3/c1-6(2)7(3)8-4-11-5-12-9(8)10/h4-7H,1-3H3,(H2,10,11,12). The van der Waals surface area contributed by atoms with Crippen LogP contribution in [0.5, 0.6) is 0 Å². The highest BCUT2D eigenvalue weighted by molar-refractivity contribution is 5.39. The zero-order chi connectivity index (χ0) is 9.14. The van der Waals surface area contributed by atoms with Crippen molar-refractivity contribution in [1.29, 1.82) is 0 Å². The minimum absolute atomic E-state index is 0.422. The number of rotatable bonds is 2. The third-order valence-corrected chi connectivity index (χ3v) is 2.26. The number of nitrogen functional groups attached to an aromatic ring is 1. The molecule has 1 aromatic rings. The number of nitrogens with zero attached hydrogens (tertiary/aromatic N) is 2. The van der Waals surface area contributed by atoms with E-state index in [-0.39, 0.29) is 0 Å². The lowest BCUT2D eigenvalue weighted by atomic mass is 9.92. The van der Waals surface area contributed by atoms with E-state index in [0.29, 0.717) is 17.7 Å². The lowest BCUT2D eigenvalue weighted by Gasteiger charge is -2.16. The van der Waals surface area contributed by atoms with E-state index in [1.54, 1.807) is 6.20 Å². The maximum absolute atomic E-state index is 5.71. The van der Waals surface area contributed by atoms with Crippen LogP contribution in [-0.4, -0.2) is 9.97 Å². The van der Waals surface area contributed by atoms with Gasteiger partial charge in [0.1, 0.15) is 12.1 Å². The Morgan fingerprint density at radius 2 is 2.00 bits per heavy atom. The van der Waals surface area contributed by atoms with Crippen molar-refractivity contribution in [2.24, 2.45) is 5.92 Å². The zero-order valence-corrected chi connectivity index (χ0v) is 7.78. The predicted octanol–water partition coefficient (Wildman–Crippen LogP) is 1.82. The summed E-state index contributed by atoms with van der Waals surface area (Å²) >= 11 is 0. The molecular weight excluding hydrogens is 150 g/mol. The average Bonchev–Trinajstić information content (AvgIpc) is 2.04. The Balaban J connectivity index is 2.94. The van der Waals surface area contributed by atoms with Gasteiger partial charge in [0.2, 0.25) is 0 Å². The Morgan fingerprint density at radius 3 is 2.50 bits per heavy atom. The molecule has 0 saturated carbocycles. The quantitative estimate of drug-likeness (QED) is 0.727. The zero-order valence-electron chi connectivity index (χ0n) is 7.78. The van der Waals surface area contributed by atoms with Crippen molar-refractivity contribution < 1.29 is 0 Å². The topological polar surface area (TPSA) is 51.8 Å². The average molecular weight is 165 g/mol. The van der Waals surface area contributed by atoms with Gasteiger partial charge in [-0.15, -0.1) is 0 Å². The van der Waals surface area contributed by atoms with Crippen molar-refractivity contribution in [3.63, 3.8) is 0 Å². The summed E-state index contributed by atoms with van der Waals surface area (Å²) in [6, 6.07) is 0. The molecule has 66 valence electrons. The molecule has 1 atom stereocenters. The lowest BCUT2D eigenvalue weighted by Crippen LogP contribution is -2.07. The fourth-order valence-corrected chi connectivity index (χ4v) is 1.06. The molecule has 0 saturated heterocycles. The highest BCUT2D eigenvalue weighted by Crippen LogP contribution is 2.25. The van der Waals surface area contributed by atoms with E-state index in [2.05, 4.69) is 30.7 Å². The van der Waals surface area contributed by atoms with E-state index in [4.69, 9.17) is 5.73 Å². The summed E-state index contributed by atoms with van der Waals surface area (Å²) in [5, 5.41) is 0. The molecule has 2 N–H and O–H groups in total. The van der Waals surface area contributed by atoms with Gasteiger partial charge in [0, 0.05) is 11.8 Å². The first kappa shape index (κ1) is 8.97. The summed E-state index contributed by atoms with van der Waals surface area (Å²) in [6.07, 6.45) is 3.28. The highest BCUT2D eigenvalue weighted by Gasteiger charge is 2.13. The summed E-state index contributed by atoms with van der Waals surface area (Å²) in [5.74, 6) is 1.59. The van der Waals surface area contributed by atoms with Crippen LogP contribution >= 0.6 is 0 Å². The highest BCUT2D eigenvalue weighted by atomic mass is 14.9. The third-order valence-electron chi connectivity index (χ3n) is 2.26. The van der Waals surface area contributed by atoms with Gasteiger partial charge >= 0.3 is 0 Å². The molecule has 0 bridgehead atoms. The smallest absolute Gasteiger partial charge is 0.130 e. The van der Waals surface area contributed by atoms with Gasteiger partial charge < -0.3 is 5.73 Å². The van der Waals surface area contributed by atoms with Crippen LogP contribution in [0.2, 0.25) is 0 Å². The van der Waals surface area contributed by atoms with Gasteiger partial charge in [0.25, 0.3) is 0 Å². The number of nitrogens with two attached hydrogens (primary N) is 1. The summed E-state index contributed by atoms with van der Waals surface area (Å²) in [4.78, 5) is 7.91. The number of hydrogen-bond donors (Lipinski definition) is 1. The summed E-state index contributed by atoms with van der Waals surface area (Å²) in [6.45, 7) is 6.47. The molecular formula is C9H15N3. The molecule has 0 aromatic carbocycles.